The van der Waals surface area contributed by atoms with Gasteiger partial charge in [0, 0.05) is 10.5 Å². The van der Waals surface area contributed by atoms with Gasteiger partial charge in [-0.05, 0) is 40.9 Å². The first-order valence-corrected chi connectivity index (χ1v) is 7.33. The van der Waals surface area contributed by atoms with Crippen molar-refractivity contribution in [2.75, 3.05) is 11.9 Å². The van der Waals surface area contributed by atoms with Crippen LogP contribution in [0.1, 0.15) is 32.1 Å². The number of nitrogens with one attached hydrogen (secondary N) is 2. The van der Waals surface area contributed by atoms with Gasteiger partial charge in [-0.2, -0.15) is 0 Å². The van der Waals surface area contributed by atoms with Gasteiger partial charge in [0.2, 0.25) is 5.91 Å². The van der Waals surface area contributed by atoms with Crippen LogP contribution in [0.15, 0.2) is 28.7 Å². The van der Waals surface area contributed by atoms with E-state index in [4.69, 9.17) is 0 Å². The Labute approximate surface area is 116 Å². The largest absolute Gasteiger partial charge is 0.324 e. The Bertz CT molecular complexity index is 403. The van der Waals surface area contributed by atoms with Crippen LogP contribution in [0.2, 0.25) is 0 Å². The van der Waals surface area contributed by atoms with Crippen molar-refractivity contribution in [2.24, 2.45) is 0 Å². The topological polar surface area (TPSA) is 41.1 Å². The third-order valence-electron chi connectivity index (χ3n) is 3.30. The normalized spacial score (nSPS) is 16.5. The first-order chi connectivity index (χ1) is 8.75. The van der Waals surface area contributed by atoms with Gasteiger partial charge < -0.3 is 10.6 Å². The van der Waals surface area contributed by atoms with Gasteiger partial charge in [0.1, 0.15) is 0 Å². The van der Waals surface area contributed by atoms with Crippen molar-refractivity contribution in [1.29, 1.82) is 0 Å². The zero-order chi connectivity index (χ0) is 12.8. The van der Waals surface area contributed by atoms with Gasteiger partial charge in [0.05, 0.1) is 12.2 Å². The first kappa shape index (κ1) is 13.6. The summed E-state index contributed by atoms with van der Waals surface area (Å²) in [5.74, 6) is 0.0208. The molecule has 98 valence electrons. The summed E-state index contributed by atoms with van der Waals surface area (Å²) < 4.78 is 0.913. The van der Waals surface area contributed by atoms with Crippen LogP contribution in [0.25, 0.3) is 0 Å². The highest BCUT2D eigenvalue weighted by atomic mass is 79.9. The Morgan fingerprint density at radius 1 is 1.22 bits per heavy atom. The summed E-state index contributed by atoms with van der Waals surface area (Å²) in [5, 5.41) is 6.24. The summed E-state index contributed by atoms with van der Waals surface area (Å²) in [6.45, 7) is 0.395. The van der Waals surface area contributed by atoms with Crippen LogP contribution in [-0.2, 0) is 4.79 Å². The average Bonchev–Trinajstić information content (AvgIpc) is 2.40. The Hall–Kier alpha value is -0.870. The van der Waals surface area contributed by atoms with E-state index in [9.17, 15) is 4.79 Å². The molecule has 2 N–H and O–H groups in total. The predicted molar refractivity (Wildman–Crippen MR) is 77.6 cm³/mol. The van der Waals surface area contributed by atoms with Crippen LogP contribution >= 0.6 is 15.9 Å². The molecule has 0 aromatic heterocycles. The second-order valence-corrected chi connectivity index (χ2v) is 5.60. The van der Waals surface area contributed by atoms with Gasteiger partial charge in [0.15, 0.2) is 0 Å². The molecule has 0 spiro atoms. The number of para-hydroxylation sites is 1. The fourth-order valence-corrected chi connectivity index (χ4v) is 2.68. The molecule has 1 fully saturated rings. The van der Waals surface area contributed by atoms with Crippen molar-refractivity contribution in [3.63, 3.8) is 0 Å². The van der Waals surface area contributed by atoms with Gasteiger partial charge in [-0.1, -0.05) is 31.4 Å². The molecular formula is C14H19BrN2O. The zero-order valence-electron chi connectivity index (χ0n) is 10.4. The monoisotopic (exact) mass is 310 g/mol. The molecule has 3 nitrogen and oxygen atoms in total. The Morgan fingerprint density at radius 2 is 1.94 bits per heavy atom. The van der Waals surface area contributed by atoms with Crippen molar-refractivity contribution in [3.05, 3.63) is 28.7 Å². The SMILES string of the molecule is O=C(CNC1CCCCC1)Nc1ccccc1Br. The lowest BCUT2D eigenvalue weighted by molar-refractivity contribution is -0.115. The smallest absolute Gasteiger partial charge is 0.238 e. The molecule has 1 aliphatic carbocycles. The third-order valence-corrected chi connectivity index (χ3v) is 4.00. The molecule has 0 heterocycles. The van der Waals surface area contributed by atoms with Crippen LogP contribution in [0.3, 0.4) is 0 Å². The van der Waals surface area contributed by atoms with E-state index in [2.05, 4.69) is 26.6 Å². The lowest BCUT2D eigenvalue weighted by Crippen LogP contribution is -2.37. The third kappa shape index (κ3) is 4.10. The Morgan fingerprint density at radius 3 is 2.67 bits per heavy atom. The van der Waals surface area contributed by atoms with Crippen molar-refractivity contribution in [1.82, 2.24) is 5.32 Å². The molecule has 1 amide bonds. The molecule has 4 heteroatoms. The first-order valence-electron chi connectivity index (χ1n) is 6.53. The molecule has 1 saturated carbocycles. The highest BCUT2D eigenvalue weighted by molar-refractivity contribution is 9.10. The number of hydrogen-bond donors (Lipinski definition) is 2. The van der Waals surface area contributed by atoms with Gasteiger partial charge in [-0.15, -0.1) is 0 Å². The molecule has 1 aliphatic rings. The number of rotatable bonds is 4. The second-order valence-electron chi connectivity index (χ2n) is 4.74. The molecule has 0 saturated heterocycles. The highest BCUT2D eigenvalue weighted by Gasteiger charge is 2.14. The summed E-state index contributed by atoms with van der Waals surface area (Å²) in [5.41, 5.74) is 0.827. The van der Waals surface area contributed by atoms with Gasteiger partial charge in [-0.25, -0.2) is 0 Å². The van der Waals surface area contributed by atoms with Crippen molar-refractivity contribution in [2.45, 2.75) is 38.1 Å². The number of amides is 1. The van der Waals surface area contributed by atoms with Crippen LogP contribution in [0, 0.1) is 0 Å². The summed E-state index contributed by atoms with van der Waals surface area (Å²) in [6.07, 6.45) is 6.29. The van der Waals surface area contributed by atoms with E-state index in [0.29, 0.717) is 12.6 Å². The minimum atomic E-state index is 0.0208. The van der Waals surface area contributed by atoms with Crippen molar-refractivity contribution < 1.29 is 4.79 Å². The summed E-state index contributed by atoms with van der Waals surface area (Å²) in [4.78, 5) is 11.8. The van der Waals surface area contributed by atoms with Crippen LogP contribution in [0.4, 0.5) is 5.69 Å². The standard InChI is InChI=1S/C14H19BrN2O/c15-12-8-4-5-9-13(12)17-14(18)10-16-11-6-2-1-3-7-11/h4-5,8-9,11,16H,1-3,6-7,10H2,(H,17,18). The van der Waals surface area contributed by atoms with E-state index in [1.54, 1.807) is 0 Å². The summed E-state index contributed by atoms with van der Waals surface area (Å²) in [6, 6.07) is 8.17. The number of hydrogen-bond acceptors (Lipinski definition) is 2. The second kappa shape index (κ2) is 6.90. The Balaban J connectivity index is 1.76. The molecule has 0 aliphatic heterocycles. The van der Waals surface area contributed by atoms with Crippen LogP contribution < -0.4 is 10.6 Å². The minimum absolute atomic E-state index is 0.0208. The number of benzene rings is 1. The quantitative estimate of drug-likeness (QED) is 0.896. The van der Waals surface area contributed by atoms with E-state index >= 15 is 0 Å². The maximum atomic E-state index is 11.8. The summed E-state index contributed by atoms with van der Waals surface area (Å²) >= 11 is 3.42. The lowest BCUT2D eigenvalue weighted by Gasteiger charge is -2.22. The van der Waals surface area contributed by atoms with Crippen molar-refractivity contribution >= 4 is 27.5 Å². The van der Waals surface area contributed by atoms with E-state index in [1.165, 1.54) is 32.1 Å². The number of carbonyl (C=O) groups excluding carboxylic acids is 1. The lowest BCUT2D eigenvalue weighted by atomic mass is 9.95. The maximum Gasteiger partial charge on any atom is 0.238 e. The van der Waals surface area contributed by atoms with E-state index < -0.39 is 0 Å². The highest BCUT2D eigenvalue weighted by Crippen LogP contribution is 2.21. The van der Waals surface area contributed by atoms with Crippen LogP contribution in [-0.4, -0.2) is 18.5 Å². The van der Waals surface area contributed by atoms with Gasteiger partial charge in [-0.3, -0.25) is 4.79 Å². The average molecular weight is 311 g/mol. The summed E-state index contributed by atoms with van der Waals surface area (Å²) in [7, 11) is 0. The molecule has 0 radical (unpaired) electrons. The molecule has 2 rings (SSSR count). The molecule has 18 heavy (non-hydrogen) atoms. The number of carbonyl (C=O) groups is 1. The van der Waals surface area contributed by atoms with E-state index in [1.807, 2.05) is 24.3 Å². The number of halogens is 1. The molecule has 1 aromatic rings. The van der Waals surface area contributed by atoms with E-state index in [-0.39, 0.29) is 5.91 Å². The minimum Gasteiger partial charge on any atom is -0.324 e. The van der Waals surface area contributed by atoms with Gasteiger partial charge >= 0.3 is 0 Å². The fourth-order valence-electron chi connectivity index (χ4n) is 2.30. The molecule has 0 bridgehead atoms. The Kier molecular flexibility index (Phi) is 5.20. The molecule has 1 aromatic carbocycles. The fraction of sp³-hybridized carbons (Fsp3) is 0.500. The van der Waals surface area contributed by atoms with Crippen molar-refractivity contribution in [3.8, 4) is 0 Å². The number of anilines is 1. The van der Waals surface area contributed by atoms with Crippen LogP contribution in [0.5, 0.6) is 0 Å². The predicted octanol–water partition coefficient (Wildman–Crippen LogP) is 3.31. The van der Waals surface area contributed by atoms with Gasteiger partial charge in [0.25, 0.3) is 0 Å². The van der Waals surface area contributed by atoms with E-state index in [0.717, 1.165) is 10.2 Å². The molecule has 0 unspecified atom stereocenters. The maximum absolute atomic E-state index is 11.8. The zero-order valence-corrected chi connectivity index (χ0v) is 12.0. The molecular weight excluding hydrogens is 292 g/mol. The molecule has 0 atom stereocenters.